The molecule has 0 spiro atoms. The Morgan fingerprint density at radius 2 is 1.74 bits per heavy atom. The second kappa shape index (κ2) is 10.4. The van der Waals surface area contributed by atoms with Gasteiger partial charge in [-0.3, -0.25) is 4.79 Å². The Morgan fingerprint density at radius 3 is 2.30 bits per heavy atom. The molecule has 7 heteroatoms. The minimum Gasteiger partial charge on any atom is -0.494 e. The minimum atomic E-state index is -0.886. The van der Waals surface area contributed by atoms with Crippen LogP contribution in [0.1, 0.15) is 13.8 Å². The smallest absolute Gasteiger partial charge is 0.344 e. The lowest BCUT2D eigenvalue weighted by Crippen LogP contribution is -2.38. The van der Waals surface area contributed by atoms with Gasteiger partial charge in [0.1, 0.15) is 11.5 Å². The van der Waals surface area contributed by atoms with Crippen LogP contribution in [0.15, 0.2) is 24.3 Å². The topological polar surface area (TPSA) is 83.1 Å². The number of hydrogen-bond donors (Lipinski definition) is 1. The van der Waals surface area contributed by atoms with Crippen molar-refractivity contribution in [2.45, 2.75) is 20.0 Å². The standard InChI is InChI=1S/C16H23NO6/c1-4-21-13-5-7-14(8-6-13)22-11-15(18)23-12(2)16(19)17-9-10-20-3/h5-8,12H,4,9-11H2,1-3H3,(H,17,19)/t12-/m0/s1. The minimum absolute atomic E-state index is 0.274. The summed E-state index contributed by atoms with van der Waals surface area (Å²) in [5.74, 6) is 0.246. The van der Waals surface area contributed by atoms with E-state index in [2.05, 4.69) is 5.32 Å². The van der Waals surface area contributed by atoms with Crippen molar-refractivity contribution in [2.24, 2.45) is 0 Å². The molecule has 0 unspecified atom stereocenters. The molecule has 0 heterocycles. The van der Waals surface area contributed by atoms with Gasteiger partial charge in [0, 0.05) is 13.7 Å². The molecule has 23 heavy (non-hydrogen) atoms. The molecule has 0 saturated carbocycles. The number of rotatable bonds is 10. The Hall–Kier alpha value is -2.28. The molecule has 0 aliphatic heterocycles. The van der Waals surface area contributed by atoms with Crippen LogP contribution < -0.4 is 14.8 Å². The molecule has 7 nitrogen and oxygen atoms in total. The van der Waals surface area contributed by atoms with Gasteiger partial charge < -0.3 is 24.3 Å². The molecular weight excluding hydrogens is 302 g/mol. The average Bonchev–Trinajstić information content (AvgIpc) is 2.54. The van der Waals surface area contributed by atoms with Crippen molar-refractivity contribution >= 4 is 11.9 Å². The van der Waals surface area contributed by atoms with E-state index in [1.54, 1.807) is 24.3 Å². The van der Waals surface area contributed by atoms with E-state index in [4.69, 9.17) is 18.9 Å². The Labute approximate surface area is 135 Å². The van der Waals surface area contributed by atoms with Gasteiger partial charge in [-0.1, -0.05) is 0 Å². The van der Waals surface area contributed by atoms with Crippen molar-refractivity contribution in [1.29, 1.82) is 0 Å². The molecule has 1 atom stereocenters. The number of hydrogen-bond acceptors (Lipinski definition) is 6. The summed E-state index contributed by atoms with van der Waals surface area (Å²) in [5.41, 5.74) is 0. The van der Waals surface area contributed by atoms with Crippen molar-refractivity contribution in [3.05, 3.63) is 24.3 Å². The van der Waals surface area contributed by atoms with Crippen molar-refractivity contribution in [3.63, 3.8) is 0 Å². The Bertz CT molecular complexity index is 488. The number of amides is 1. The normalized spacial score (nSPS) is 11.4. The summed E-state index contributed by atoms with van der Waals surface area (Å²) < 4.78 is 20.4. The molecule has 0 bridgehead atoms. The summed E-state index contributed by atoms with van der Waals surface area (Å²) in [5, 5.41) is 2.58. The molecule has 1 rings (SSSR count). The number of carbonyl (C=O) groups is 2. The van der Waals surface area contributed by atoms with E-state index in [1.807, 2.05) is 6.92 Å². The zero-order chi connectivity index (χ0) is 17.1. The molecular formula is C16H23NO6. The summed E-state index contributed by atoms with van der Waals surface area (Å²) in [6, 6.07) is 6.88. The fraction of sp³-hybridized carbons (Fsp3) is 0.500. The fourth-order valence-corrected chi connectivity index (χ4v) is 1.65. The van der Waals surface area contributed by atoms with E-state index >= 15 is 0 Å². The third kappa shape index (κ3) is 7.51. The first-order chi connectivity index (χ1) is 11.1. The summed E-state index contributed by atoms with van der Waals surface area (Å²) in [6.07, 6.45) is -0.886. The van der Waals surface area contributed by atoms with Crippen LogP contribution in [0.3, 0.4) is 0 Å². The Kier molecular flexibility index (Phi) is 8.52. The van der Waals surface area contributed by atoms with Crippen molar-refractivity contribution in [3.8, 4) is 11.5 Å². The van der Waals surface area contributed by atoms with E-state index in [0.29, 0.717) is 25.5 Å². The van der Waals surface area contributed by atoms with Crippen molar-refractivity contribution in [1.82, 2.24) is 5.32 Å². The zero-order valence-electron chi connectivity index (χ0n) is 13.7. The van der Waals surface area contributed by atoms with E-state index < -0.39 is 12.1 Å². The fourth-order valence-electron chi connectivity index (χ4n) is 1.65. The number of benzene rings is 1. The van der Waals surface area contributed by atoms with Crippen molar-refractivity contribution < 1.29 is 28.5 Å². The van der Waals surface area contributed by atoms with E-state index in [1.165, 1.54) is 14.0 Å². The van der Waals surface area contributed by atoms with Gasteiger partial charge in [-0.2, -0.15) is 0 Å². The molecule has 1 amide bonds. The average molecular weight is 325 g/mol. The van der Waals surface area contributed by atoms with Gasteiger partial charge in [0.15, 0.2) is 12.7 Å². The monoisotopic (exact) mass is 325 g/mol. The van der Waals surface area contributed by atoms with Crippen LogP contribution in [0, 0.1) is 0 Å². The number of ether oxygens (including phenoxy) is 4. The second-order valence-corrected chi connectivity index (χ2v) is 4.61. The van der Waals surface area contributed by atoms with Crippen molar-refractivity contribution in [2.75, 3.05) is 33.5 Å². The number of nitrogens with one attached hydrogen (secondary N) is 1. The van der Waals surface area contributed by atoms with E-state index in [-0.39, 0.29) is 12.5 Å². The SMILES string of the molecule is CCOc1ccc(OCC(=O)O[C@@H](C)C(=O)NCCOC)cc1. The first-order valence-electron chi connectivity index (χ1n) is 7.38. The van der Waals surface area contributed by atoms with E-state index in [0.717, 1.165) is 5.75 Å². The lowest BCUT2D eigenvalue weighted by Gasteiger charge is -2.13. The number of methoxy groups -OCH3 is 1. The summed E-state index contributed by atoms with van der Waals surface area (Å²) in [7, 11) is 1.54. The van der Waals surface area contributed by atoms with Crippen LogP contribution >= 0.6 is 0 Å². The zero-order valence-corrected chi connectivity index (χ0v) is 13.7. The second-order valence-electron chi connectivity index (χ2n) is 4.61. The van der Waals surface area contributed by atoms with Crippen LogP contribution in [0.4, 0.5) is 0 Å². The van der Waals surface area contributed by atoms with Crippen LogP contribution in [-0.2, 0) is 19.1 Å². The van der Waals surface area contributed by atoms with Gasteiger partial charge >= 0.3 is 5.97 Å². The van der Waals surface area contributed by atoms with Gasteiger partial charge in [0.2, 0.25) is 0 Å². The van der Waals surface area contributed by atoms with Gasteiger partial charge in [-0.05, 0) is 38.1 Å². The summed E-state index contributed by atoms with van der Waals surface area (Å²) in [4.78, 5) is 23.3. The molecule has 0 aromatic heterocycles. The predicted molar refractivity (Wildman–Crippen MR) is 83.5 cm³/mol. The molecule has 1 aromatic rings. The predicted octanol–water partition coefficient (Wildman–Crippen LogP) is 1.16. The summed E-state index contributed by atoms with van der Waals surface area (Å²) in [6.45, 7) is 4.46. The number of carbonyl (C=O) groups excluding carboxylic acids is 2. The highest BCUT2D eigenvalue weighted by molar-refractivity contribution is 5.83. The highest BCUT2D eigenvalue weighted by Crippen LogP contribution is 2.17. The highest BCUT2D eigenvalue weighted by Gasteiger charge is 2.17. The molecule has 0 saturated heterocycles. The summed E-state index contributed by atoms with van der Waals surface area (Å²) >= 11 is 0. The maximum absolute atomic E-state index is 11.7. The van der Waals surface area contributed by atoms with Gasteiger partial charge in [0.25, 0.3) is 5.91 Å². The Balaban J connectivity index is 2.31. The maximum Gasteiger partial charge on any atom is 0.344 e. The lowest BCUT2D eigenvalue weighted by molar-refractivity contribution is -0.156. The highest BCUT2D eigenvalue weighted by atomic mass is 16.6. The molecule has 128 valence electrons. The molecule has 1 aromatic carbocycles. The van der Waals surface area contributed by atoms with Crippen LogP contribution in [-0.4, -0.2) is 51.5 Å². The molecule has 0 aliphatic carbocycles. The lowest BCUT2D eigenvalue weighted by atomic mass is 10.3. The van der Waals surface area contributed by atoms with Gasteiger partial charge in [0.05, 0.1) is 13.2 Å². The Morgan fingerprint density at radius 1 is 1.13 bits per heavy atom. The molecule has 0 aliphatic rings. The first-order valence-corrected chi connectivity index (χ1v) is 7.38. The van der Waals surface area contributed by atoms with Crippen LogP contribution in [0.5, 0.6) is 11.5 Å². The number of esters is 1. The van der Waals surface area contributed by atoms with Crippen LogP contribution in [0.25, 0.3) is 0 Å². The van der Waals surface area contributed by atoms with Gasteiger partial charge in [-0.15, -0.1) is 0 Å². The third-order valence-corrected chi connectivity index (χ3v) is 2.77. The van der Waals surface area contributed by atoms with E-state index in [9.17, 15) is 9.59 Å². The largest absolute Gasteiger partial charge is 0.494 e. The third-order valence-electron chi connectivity index (χ3n) is 2.77. The first kappa shape index (κ1) is 18.8. The molecule has 0 fully saturated rings. The van der Waals surface area contributed by atoms with Crippen LogP contribution in [0.2, 0.25) is 0 Å². The molecule has 1 N–H and O–H groups in total. The van der Waals surface area contributed by atoms with Gasteiger partial charge in [-0.25, -0.2) is 4.79 Å². The quantitative estimate of drug-likeness (QED) is 0.513. The molecule has 0 radical (unpaired) electrons. The maximum atomic E-state index is 11.7.